The molecule has 2 aromatic carbocycles. The number of nitrogens with one attached hydrogen (secondary N) is 1. The minimum Gasteiger partial charge on any atom is -0.377 e. The van der Waals surface area contributed by atoms with E-state index in [1.54, 1.807) is 24.3 Å². The third-order valence-electron chi connectivity index (χ3n) is 5.83. The minimum atomic E-state index is -3.79. The lowest BCUT2D eigenvalue weighted by Gasteiger charge is -2.25. The van der Waals surface area contributed by atoms with Gasteiger partial charge >= 0.3 is 0 Å². The van der Waals surface area contributed by atoms with Gasteiger partial charge in [-0.2, -0.15) is 4.31 Å². The molecule has 164 valence electrons. The summed E-state index contributed by atoms with van der Waals surface area (Å²) in [6.45, 7) is 6.74. The normalized spacial score (nSPS) is 17.0. The van der Waals surface area contributed by atoms with Crippen LogP contribution in [0.5, 0.6) is 0 Å². The van der Waals surface area contributed by atoms with E-state index in [1.807, 2.05) is 32.9 Å². The van der Waals surface area contributed by atoms with E-state index in [2.05, 4.69) is 11.1 Å². The van der Waals surface area contributed by atoms with Gasteiger partial charge in [0.05, 0.1) is 11.0 Å². The van der Waals surface area contributed by atoms with E-state index in [1.165, 1.54) is 4.31 Å². The number of rotatable bonds is 6. The van der Waals surface area contributed by atoms with Gasteiger partial charge in [-0.15, -0.1) is 0 Å². The SMILES string of the molecule is Cc1ccc(S(=O)(=O)N(Cc2cc3c(C)cc(C)cc3[nH]c2=O)C[C@@H]2CCCO2)cc1. The number of hydrogen-bond donors (Lipinski definition) is 1. The van der Waals surface area contributed by atoms with E-state index in [0.29, 0.717) is 12.2 Å². The van der Waals surface area contributed by atoms with Gasteiger partial charge in [-0.1, -0.05) is 23.8 Å². The predicted molar refractivity (Wildman–Crippen MR) is 122 cm³/mol. The Labute approximate surface area is 182 Å². The summed E-state index contributed by atoms with van der Waals surface area (Å²) in [5, 5.41) is 0.921. The number of aromatic nitrogens is 1. The van der Waals surface area contributed by atoms with Gasteiger partial charge < -0.3 is 9.72 Å². The Bertz CT molecular complexity index is 1260. The summed E-state index contributed by atoms with van der Waals surface area (Å²) in [4.78, 5) is 16.0. The average Bonchev–Trinajstić information content (AvgIpc) is 3.22. The zero-order valence-corrected chi connectivity index (χ0v) is 19.0. The van der Waals surface area contributed by atoms with Crippen LogP contribution in [-0.4, -0.2) is 37.0 Å². The van der Waals surface area contributed by atoms with Crippen molar-refractivity contribution in [1.29, 1.82) is 0 Å². The molecule has 6 nitrogen and oxygen atoms in total. The van der Waals surface area contributed by atoms with Crippen LogP contribution >= 0.6 is 0 Å². The molecule has 0 amide bonds. The highest BCUT2D eigenvalue weighted by molar-refractivity contribution is 7.89. The quantitative estimate of drug-likeness (QED) is 0.632. The first-order chi connectivity index (χ1) is 14.7. The fourth-order valence-electron chi connectivity index (χ4n) is 4.15. The van der Waals surface area contributed by atoms with Gasteiger partial charge in [-0.05, 0) is 69.0 Å². The first kappa shape index (κ1) is 21.7. The predicted octanol–water partition coefficient (Wildman–Crippen LogP) is 3.82. The average molecular weight is 441 g/mol. The molecule has 0 unspecified atom stereocenters. The summed E-state index contributed by atoms with van der Waals surface area (Å²) in [7, 11) is -3.79. The van der Waals surface area contributed by atoms with Gasteiger partial charge in [0, 0.05) is 36.2 Å². The zero-order chi connectivity index (χ0) is 22.2. The van der Waals surface area contributed by atoms with Crippen molar-refractivity contribution >= 4 is 20.9 Å². The van der Waals surface area contributed by atoms with Crippen LogP contribution in [0.1, 0.15) is 35.1 Å². The molecule has 0 bridgehead atoms. The summed E-state index contributed by atoms with van der Waals surface area (Å²) in [5.41, 5.74) is 4.01. The molecule has 1 aliphatic rings. The number of benzene rings is 2. The molecule has 2 heterocycles. The van der Waals surface area contributed by atoms with Crippen molar-refractivity contribution in [3.63, 3.8) is 0 Å². The number of nitrogens with zero attached hydrogens (tertiary/aromatic N) is 1. The molecule has 1 N–H and O–H groups in total. The lowest BCUT2D eigenvalue weighted by molar-refractivity contribution is 0.0925. The zero-order valence-electron chi connectivity index (χ0n) is 18.1. The van der Waals surface area contributed by atoms with E-state index < -0.39 is 10.0 Å². The molecule has 7 heteroatoms. The Hall–Kier alpha value is -2.48. The topological polar surface area (TPSA) is 79.5 Å². The van der Waals surface area contributed by atoms with E-state index in [0.717, 1.165) is 40.4 Å². The van der Waals surface area contributed by atoms with E-state index >= 15 is 0 Å². The highest BCUT2D eigenvalue weighted by Gasteiger charge is 2.30. The smallest absolute Gasteiger partial charge is 0.252 e. The van der Waals surface area contributed by atoms with E-state index in [4.69, 9.17) is 4.74 Å². The molecule has 0 saturated carbocycles. The number of sulfonamides is 1. The second-order valence-corrected chi connectivity index (χ2v) is 10.4. The van der Waals surface area contributed by atoms with Gasteiger partial charge in [0.15, 0.2) is 0 Å². The Kier molecular flexibility index (Phi) is 6.01. The van der Waals surface area contributed by atoms with E-state index in [9.17, 15) is 13.2 Å². The third kappa shape index (κ3) is 4.59. The number of fused-ring (bicyclic) bond motifs is 1. The molecule has 0 spiro atoms. The molecule has 0 aliphatic carbocycles. The second kappa shape index (κ2) is 8.57. The van der Waals surface area contributed by atoms with Crippen LogP contribution in [0.3, 0.4) is 0 Å². The number of hydrogen-bond acceptors (Lipinski definition) is 4. The molecule has 1 atom stereocenters. The first-order valence-corrected chi connectivity index (χ1v) is 12.0. The van der Waals surface area contributed by atoms with Crippen molar-refractivity contribution in [3.8, 4) is 0 Å². The molecular formula is C24H28N2O4S. The Morgan fingerprint density at radius 2 is 1.81 bits per heavy atom. The number of ether oxygens (including phenoxy) is 1. The van der Waals surface area contributed by atoms with Crippen LogP contribution < -0.4 is 5.56 Å². The summed E-state index contributed by atoms with van der Waals surface area (Å²) in [6.07, 6.45) is 1.56. The lowest BCUT2D eigenvalue weighted by atomic mass is 10.0. The van der Waals surface area contributed by atoms with Gasteiger partial charge in [0.2, 0.25) is 10.0 Å². The highest BCUT2D eigenvalue weighted by atomic mass is 32.2. The number of pyridine rings is 1. The molecule has 31 heavy (non-hydrogen) atoms. The fraction of sp³-hybridized carbons (Fsp3) is 0.375. The minimum absolute atomic E-state index is 0.00530. The summed E-state index contributed by atoms with van der Waals surface area (Å²) in [5.74, 6) is 0. The monoisotopic (exact) mass is 440 g/mol. The number of aryl methyl sites for hydroxylation is 3. The number of aromatic amines is 1. The van der Waals surface area contributed by atoms with Crippen LogP contribution in [0.15, 0.2) is 52.2 Å². The Morgan fingerprint density at radius 3 is 2.48 bits per heavy atom. The van der Waals surface area contributed by atoms with Crippen molar-refractivity contribution in [2.24, 2.45) is 0 Å². The van der Waals surface area contributed by atoms with E-state index in [-0.39, 0.29) is 29.6 Å². The molecule has 1 aliphatic heterocycles. The summed E-state index contributed by atoms with van der Waals surface area (Å²) < 4.78 is 34.1. The van der Waals surface area contributed by atoms with Crippen LogP contribution in [0.4, 0.5) is 0 Å². The molecular weight excluding hydrogens is 412 g/mol. The van der Waals surface area contributed by atoms with Crippen LogP contribution in [0, 0.1) is 20.8 Å². The van der Waals surface area contributed by atoms with Crippen molar-refractivity contribution in [2.45, 2.75) is 51.2 Å². The maximum atomic E-state index is 13.5. The molecule has 1 aromatic heterocycles. The van der Waals surface area contributed by atoms with Gasteiger partial charge in [0.1, 0.15) is 0 Å². The Balaban J connectivity index is 1.74. The van der Waals surface area contributed by atoms with Crippen molar-refractivity contribution in [1.82, 2.24) is 9.29 Å². The molecule has 4 rings (SSSR count). The highest BCUT2D eigenvalue weighted by Crippen LogP contribution is 2.24. The van der Waals surface area contributed by atoms with Crippen LogP contribution in [0.2, 0.25) is 0 Å². The van der Waals surface area contributed by atoms with Gasteiger partial charge in [-0.25, -0.2) is 8.42 Å². The van der Waals surface area contributed by atoms with Crippen LogP contribution in [-0.2, 0) is 21.3 Å². The second-order valence-electron chi connectivity index (χ2n) is 8.41. The van der Waals surface area contributed by atoms with Crippen LogP contribution in [0.25, 0.3) is 10.9 Å². The molecule has 3 aromatic rings. The third-order valence-corrected chi connectivity index (χ3v) is 7.65. The molecule has 1 fully saturated rings. The first-order valence-electron chi connectivity index (χ1n) is 10.6. The maximum Gasteiger partial charge on any atom is 0.252 e. The standard InChI is InChI=1S/C24H28N2O4S/c1-16-6-8-21(9-7-16)31(28,29)26(15-20-5-4-10-30-20)14-19-13-22-18(3)11-17(2)12-23(22)25-24(19)27/h6-9,11-13,20H,4-5,10,14-15H2,1-3H3,(H,25,27)/t20-/m0/s1. The molecule has 1 saturated heterocycles. The van der Waals surface area contributed by atoms with Crippen molar-refractivity contribution in [3.05, 3.63) is 75.1 Å². The maximum absolute atomic E-state index is 13.5. The summed E-state index contributed by atoms with van der Waals surface area (Å²) >= 11 is 0. The van der Waals surface area contributed by atoms with Gasteiger partial charge in [0.25, 0.3) is 5.56 Å². The van der Waals surface area contributed by atoms with Crippen molar-refractivity contribution in [2.75, 3.05) is 13.2 Å². The van der Waals surface area contributed by atoms with Gasteiger partial charge in [-0.3, -0.25) is 4.79 Å². The largest absolute Gasteiger partial charge is 0.377 e. The number of H-pyrrole nitrogens is 1. The summed E-state index contributed by atoms with van der Waals surface area (Å²) in [6, 6.07) is 12.6. The Morgan fingerprint density at radius 1 is 1.06 bits per heavy atom. The molecule has 0 radical (unpaired) electrons. The lowest BCUT2D eigenvalue weighted by Crippen LogP contribution is -2.38. The fourth-order valence-corrected chi connectivity index (χ4v) is 5.60. The van der Waals surface area contributed by atoms with Crippen molar-refractivity contribution < 1.29 is 13.2 Å².